The zero-order valence-corrected chi connectivity index (χ0v) is 13.4. The van der Waals surface area contributed by atoms with Gasteiger partial charge in [-0.1, -0.05) is 47.0 Å². The molecular formula is C16H34N2. The minimum absolute atomic E-state index is 0.274. The summed E-state index contributed by atoms with van der Waals surface area (Å²) >= 11 is 0. The normalized spacial score (nSPS) is 26.5. The van der Waals surface area contributed by atoms with Crippen molar-refractivity contribution in [2.24, 2.45) is 11.8 Å². The molecule has 108 valence electrons. The summed E-state index contributed by atoms with van der Waals surface area (Å²) in [5.74, 6) is 1.66. The Morgan fingerprint density at radius 1 is 1.17 bits per heavy atom. The van der Waals surface area contributed by atoms with E-state index in [0.717, 1.165) is 24.4 Å². The molecule has 0 bridgehead atoms. The predicted molar refractivity (Wildman–Crippen MR) is 81.0 cm³/mol. The molecule has 1 N–H and O–H groups in total. The average Bonchev–Trinajstić information content (AvgIpc) is 2.34. The molecule has 0 radical (unpaired) electrons. The van der Waals surface area contributed by atoms with Crippen LogP contribution in [-0.2, 0) is 0 Å². The van der Waals surface area contributed by atoms with E-state index in [2.05, 4.69) is 51.8 Å². The van der Waals surface area contributed by atoms with Crippen LogP contribution in [0.25, 0.3) is 0 Å². The highest BCUT2D eigenvalue weighted by Gasteiger charge is 2.35. The summed E-state index contributed by atoms with van der Waals surface area (Å²) in [5, 5.41) is 3.72. The Morgan fingerprint density at radius 3 is 2.28 bits per heavy atom. The van der Waals surface area contributed by atoms with Gasteiger partial charge in [-0.05, 0) is 25.7 Å². The third-order valence-electron chi connectivity index (χ3n) is 4.81. The highest BCUT2D eigenvalue weighted by molar-refractivity contribution is 4.94. The molecule has 1 rings (SSSR count). The molecular weight excluding hydrogens is 220 g/mol. The second kappa shape index (κ2) is 6.91. The van der Waals surface area contributed by atoms with Gasteiger partial charge in [0, 0.05) is 31.2 Å². The first kappa shape index (κ1) is 16.0. The molecule has 1 heterocycles. The van der Waals surface area contributed by atoms with Crippen LogP contribution < -0.4 is 5.32 Å². The second-order valence-corrected chi connectivity index (χ2v) is 6.83. The van der Waals surface area contributed by atoms with Gasteiger partial charge in [0.1, 0.15) is 0 Å². The third kappa shape index (κ3) is 4.24. The smallest absolute Gasteiger partial charge is 0.0252 e. The molecule has 1 aliphatic rings. The Morgan fingerprint density at radius 2 is 1.78 bits per heavy atom. The summed E-state index contributed by atoms with van der Waals surface area (Å²) in [5.41, 5.74) is 0.274. The van der Waals surface area contributed by atoms with Crippen molar-refractivity contribution in [3.05, 3.63) is 0 Å². The lowest BCUT2D eigenvalue weighted by molar-refractivity contribution is 0.0489. The van der Waals surface area contributed by atoms with Crippen LogP contribution in [0.4, 0.5) is 0 Å². The molecule has 18 heavy (non-hydrogen) atoms. The van der Waals surface area contributed by atoms with Crippen molar-refractivity contribution in [1.82, 2.24) is 10.2 Å². The molecule has 1 aliphatic heterocycles. The minimum atomic E-state index is 0.274. The Balaban J connectivity index is 2.70. The van der Waals surface area contributed by atoms with E-state index in [-0.39, 0.29) is 5.54 Å². The van der Waals surface area contributed by atoms with Gasteiger partial charge >= 0.3 is 0 Å². The van der Waals surface area contributed by atoms with E-state index in [4.69, 9.17) is 0 Å². The lowest BCUT2D eigenvalue weighted by Gasteiger charge is -2.47. The number of hydrogen-bond acceptors (Lipinski definition) is 2. The van der Waals surface area contributed by atoms with Gasteiger partial charge in [0.2, 0.25) is 0 Å². The molecule has 0 aromatic heterocycles. The van der Waals surface area contributed by atoms with Crippen LogP contribution in [0.5, 0.6) is 0 Å². The van der Waals surface area contributed by atoms with Crippen molar-refractivity contribution in [3.63, 3.8) is 0 Å². The van der Waals surface area contributed by atoms with Crippen LogP contribution in [0.1, 0.15) is 60.8 Å². The van der Waals surface area contributed by atoms with Crippen molar-refractivity contribution >= 4 is 0 Å². The standard InChI is InChI=1S/C16H34N2/c1-7-13(4)15-10-17-16(5,6)12-18(15)11-14(8-2)9-3/h13-15,17H,7-12H2,1-6H3. The molecule has 1 saturated heterocycles. The highest BCUT2D eigenvalue weighted by Crippen LogP contribution is 2.24. The van der Waals surface area contributed by atoms with Gasteiger partial charge in [-0.15, -0.1) is 0 Å². The zero-order chi connectivity index (χ0) is 13.8. The van der Waals surface area contributed by atoms with Gasteiger partial charge < -0.3 is 5.32 Å². The van der Waals surface area contributed by atoms with Gasteiger partial charge in [-0.3, -0.25) is 4.90 Å². The first-order valence-electron chi connectivity index (χ1n) is 7.92. The summed E-state index contributed by atoms with van der Waals surface area (Å²) in [6, 6.07) is 0.726. The molecule has 0 amide bonds. The lowest BCUT2D eigenvalue weighted by atomic mass is 9.89. The minimum Gasteiger partial charge on any atom is -0.309 e. The number of nitrogens with zero attached hydrogens (tertiary/aromatic N) is 1. The van der Waals surface area contributed by atoms with Crippen molar-refractivity contribution < 1.29 is 0 Å². The van der Waals surface area contributed by atoms with E-state index in [1.54, 1.807) is 0 Å². The topological polar surface area (TPSA) is 15.3 Å². The molecule has 0 aliphatic carbocycles. The van der Waals surface area contributed by atoms with Crippen LogP contribution in [0.2, 0.25) is 0 Å². The predicted octanol–water partition coefficient (Wildman–Crippen LogP) is 3.52. The zero-order valence-electron chi connectivity index (χ0n) is 13.4. The number of hydrogen-bond donors (Lipinski definition) is 1. The van der Waals surface area contributed by atoms with Crippen molar-refractivity contribution in [2.75, 3.05) is 19.6 Å². The first-order valence-corrected chi connectivity index (χ1v) is 7.92. The SMILES string of the molecule is CCC(CC)CN1CC(C)(C)NCC1C(C)CC. The first-order chi connectivity index (χ1) is 8.43. The van der Waals surface area contributed by atoms with Crippen LogP contribution >= 0.6 is 0 Å². The number of piperazine rings is 1. The van der Waals surface area contributed by atoms with E-state index in [1.165, 1.54) is 32.4 Å². The summed E-state index contributed by atoms with van der Waals surface area (Å²) < 4.78 is 0. The van der Waals surface area contributed by atoms with Gasteiger partial charge in [0.05, 0.1) is 0 Å². The Labute approximate surface area is 115 Å². The molecule has 0 aromatic rings. The van der Waals surface area contributed by atoms with Gasteiger partial charge in [-0.2, -0.15) is 0 Å². The van der Waals surface area contributed by atoms with E-state index in [1.807, 2.05) is 0 Å². The van der Waals surface area contributed by atoms with Gasteiger partial charge in [0.15, 0.2) is 0 Å². The van der Waals surface area contributed by atoms with E-state index in [0.29, 0.717) is 0 Å². The van der Waals surface area contributed by atoms with Crippen molar-refractivity contribution in [2.45, 2.75) is 72.4 Å². The second-order valence-electron chi connectivity index (χ2n) is 6.83. The monoisotopic (exact) mass is 254 g/mol. The maximum absolute atomic E-state index is 3.72. The van der Waals surface area contributed by atoms with E-state index in [9.17, 15) is 0 Å². The van der Waals surface area contributed by atoms with Crippen LogP contribution in [0, 0.1) is 11.8 Å². The Hall–Kier alpha value is -0.0800. The molecule has 2 heteroatoms. The maximum atomic E-state index is 3.72. The average molecular weight is 254 g/mol. The summed E-state index contributed by atoms with van der Waals surface area (Å²) in [6.45, 7) is 17.7. The maximum Gasteiger partial charge on any atom is 0.0252 e. The van der Waals surface area contributed by atoms with Crippen LogP contribution in [0.3, 0.4) is 0 Å². The summed E-state index contributed by atoms with van der Waals surface area (Å²) in [7, 11) is 0. The molecule has 0 spiro atoms. The molecule has 0 aromatic carbocycles. The molecule has 2 atom stereocenters. The fourth-order valence-corrected chi connectivity index (χ4v) is 3.10. The third-order valence-corrected chi connectivity index (χ3v) is 4.81. The van der Waals surface area contributed by atoms with Crippen molar-refractivity contribution in [3.8, 4) is 0 Å². The summed E-state index contributed by atoms with van der Waals surface area (Å²) in [6.07, 6.45) is 3.91. The molecule has 1 fully saturated rings. The Kier molecular flexibility index (Phi) is 6.13. The number of rotatable bonds is 6. The van der Waals surface area contributed by atoms with Crippen LogP contribution in [-0.4, -0.2) is 36.1 Å². The Bertz CT molecular complexity index is 233. The van der Waals surface area contributed by atoms with Crippen molar-refractivity contribution in [1.29, 1.82) is 0 Å². The van der Waals surface area contributed by atoms with E-state index < -0.39 is 0 Å². The molecule has 2 nitrogen and oxygen atoms in total. The van der Waals surface area contributed by atoms with Crippen LogP contribution in [0.15, 0.2) is 0 Å². The lowest BCUT2D eigenvalue weighted by Crippen LogP contribution is -2.63. The highest BCUT2D eigenvalue weighted by atomic mass is 15.3. The van der Waals surface area contributed by atoms with Gasteiger partial charge in [0.25, 0.3) is 0 Å². The summed E-state index contributed by atoms with van der Waals surface area (Å²) in [4.78, 5) is 2.77. The largest absolute Gasteiger partial charge is 0.309 e. The quantitative estimate of drug-likeness (QED) is 0.780. The van der Waals surface area contributed by atoms with E-state index >= 15 is 0 Å². The number of nitrogens with one attached hydrogen (secondary N) is 1. The van der Waals surface area contributed by atoms with Gasteiger partial charge in [-0.25, -0.2) is 0 Å². The fraction of sp³-hybridized carbons (Fsp3) is 1.00. The fourth-order valence-electron chi connectivity index (χ4n) is 3.10. The molecule has 2 unspecified atom stereocenters. The molecule has 0 saturated carbocycles.